The minimum absolute atomic E-state index is 0.00408. The van der Waals surface area contributed by atoms with Crippen molar-refractivity contribution in [2.75, 3.05) is 27.2 Å². The van der Waals surface area contributed by atoms with Crippen molar-refractivity contribution in [1.29, 1.82) is 0 Å². The van der Waals surface area contributed by atoms with Crippen LogP contribution >= 0.6 is 0 Å². The predicted octanol–water partition coefficient (Wildman–Crippen LogP) is 1.68. The molecule has 25 heavy (non-hydrogen) atoms. The fourth-order valence-corrected chi connectivity index (χ4v) is 3.79. The van der Waals surface area contributed by atoms with E-state index in [1.165, 1.54) is 24.2 Å². The summed E-state index contributed by atoms with van der Waals surface area (Å²) in [6.45, 7) is 1.69. The number of aryl methyl sites for hydroxylation is 1. The first kappa shape index (κ1) is 17.4. The molecule has 0 radical (unpaired) electrons. The normalized spacial score (nSPS) is 21.2. The van der Waals surface area contributed by atoms with Gasteiger partial charge in [-0.3, -0.25) is 19.4 Å². The molecular formula is C18H25N5O2. The molecule has 134 valence electrons. The summed E-state index contributed by atoms with van der Waals surface area (Å²) in [5.41, 5.74) is 1.58. The van der Waals surface area contributed by atoms with Crippen molar-refractivity contribution in [1.82, 2.24) is 24.6 Å². The molecule has 1 fully saturated rings. The largest absolute Gasteiger partial charge is 0.506 e. The fourth-order valence-electron chi connectivity index (χ4n) is 3.79. The van der Waals surface area contributed by atoms with Crippen molar-refractivity contribution in [3.05, 3.63) is 42.0 Å². The van der Waals surface area contributed by atoms with E-state index in [2.05, 4.69) is 28.1 Å². The topological polar surface area (TPSA) is 74.5 Å². The van der Waals surface area contributed by atoms with Gasteiger partial charge in [-0.15, -0.1) is 0 Å². The highest BCUT2D eigenvalue weighted by Crippen LogP contribution is 2.35. The molecule has 2 aromatic rings. The highest BCUT2D eigenvalue weighted by atomic mass is 16.3. The highest BCUT2D eigenvalue weighted by Gasteiger charge is 2.33. The molecule has 0 bridgehead atoms. The van der Waals surface area contributed by atoms with Crippen molar-refractivity contribution in [3.63, 3.8) is 0 Å². The molecule has 1 aliphatic rings. The minimum Gasteiger partial charge on any atom is -0.506 e. The number of carbonyl (C=O) groups excluding carboxylic acids is 1. The monoisotopic (exact) mass is 343 g/mol. The van der Waals surface area contributed by atoms with E-state index in [-0.39, 0.29) is 17.7 Å². The zero-order valence-corrected chi connectivity index (χ0v) is 15.0. The maximum Gasteiger partial charge on any atom is 0.255 e. The molecule has 1 amide bonds. The number of nitrogens with zero attached hydrogens (tertiary/aromatic N) is 5. The quantitative estimate of drug-likeness (QED) is 0.914. The van der Waals surface area contributed by atoms with Gasteiger partial charge < -0.3 is 10.0 Å². The average molecular weight is 343 g/mol. The number of amides is 1. The molecule has 0 aliphatic carbocycles. The smallest absolute Gasteiger partial charge is 0.255 e. The van der Waals surface area contributed by atoms with E-state index in [9.17, 15) is 9.90 Å². The zero-order chi connectivity index (χ0) is 18.0. The van der Waals surface area contributed by atoms with Crippen LogP contribution in [-0.2, 0) is 7.05 Å². The second kappa shape index (κ2) is 7.23. The van der Waals surface area contributed by atoms with E-state index in [0.717, 1.165) is 19.4 Å². The highest BCUT2D eigenvalue weighted by molar-refractivity contribution is 5.94. The van der Waals surface area contributed by atoms with Gasteiger partial charge in [-0.1, -0.05) is 0 Å². The van der Waals surface area contributed by atoms with Crippen LogP contribution in [0.2, 0.25) is 0 Å². The van der Waals surface area contributed by atoms with Gasteiger partial charge in [-0.2, -0.15) is 5.10 Å². The van der Waals surface area contributed by atoms with Gasteiger partial charge in [-0.05, 0) is 44.5 Å². The third-order valence-electron chi connectivity index (χ3n) is 4.99. The predicted molar refractivity (Wildman–Crippen MR) is 94.2 cm³/mol. The number of hydrogen-bond acceptors (Lipinski definition) is 5. The van der Waals surface area contributed by atoms with Gasteiger partial charge in [0.2, 0.25) is 0 Å². The first-order chi connectivity index (χ1) is 12.0. The van der Waals surface area contributed by atoms with E-state index in [0.29, 0.717) is 18.0 Å². The summed E-state index contributed by atoms with van der Waals surface area (Å²) in [5.74, 6) is 0.207. The molecule has 2 aromatic heterocycles. The van der Waals surface area contributed by atoms with Crippen LogP contribution in [0.5, 0.6) is 5.75 Å². The summed E-state index contributed by atoms with van der Waals surface area (Å²) in [6.07, 6.45) is 6.82. The van der Waals surface area contributed by atoms with Crippen molar-refractivity contribution in [2.45, 2.75) is 18.9 Å². The first-order valence-corrected chi connectivity index (χ1v) is 8.55. The molecule has 0 spiro atoms. The number of pyridine rings is 1. The summed E-state index contributed by atoms with van der Waals surface area (Å²) in [4.78, 5) is 20.6. The summed E-state index contributed by atoms with van der Waals surface area (Å²) in [6, 6.07) is 3.75. The lowest BCUT2D eigenvalue weighted by atomic mass is 9.87. The van der Waals surface area contributed by atoms with Crippen LogP contribution < -0.4 is 0 Å². The number of rotatable bonds is 4. The van der Waals surface area contributed by atoms with Gasteiger partial charge in [0.15, 0.2) is 0 Å². The van der Waals surface area contributed by atoms with Crippen LogP contribution in [0.3, 0.4) is 0 Å². The fraction of sp³-hybridized carbons (Fsp3) is 0.500. The number of piperidine rings is 1. The minimum atomic E-state index is -0.125. The van der Waals surface area contributed by atoms with Crippen LogP contribution in [0.1, 0.15) is 34.9 Å². The molecule has 7 heteroatoms. The van der Waals surface area contributed by atoms with Crippen LogP contribution in [0.15, 0.2) is 30.7 Å². The molecule has 1 aliphatic heterocycles. The lowest BCUT2D eigenvalue weighted by Gasteiger charge is -2.40. The zero-order valence-electron chi connectivity index (χ0n) is 15.0. The van der Waals surface area contributed by atoms with E-state index in [1.54, 1.807) is 11.9 Å². The van der Waals surface area contributed by atoms with E-state index in [4.69, 9.17) is 0 Å². The summed E-state index contributed by atoms with van der Waals surface area (Å²) < 4.78 is 1.92. The molecule has 3 heterocycles. The first-order valence-electron chi connectivity index (χ1n) is 8.55. The van der Waals surface area contributed by atoms with Crippen molar-refractivity contribution in [3.8, 4) is 5.75 Å². The van der Waals surface area contributed by atoms with Gasteiger partial charge >= 0.3 is 0 Å². The Bertz CT molecular complexity index is 745. The van der Waals surface area contributed by atoms with Gasteiger partial charge in [0.25, 0.3) is 5.91 Å². The Kier molecular flexibility index (Phi) is 5.03. The second-order valence-electron chi connectivity index (χ2n) is 6.82. The molecule has 1 N–H and O–H groups in total. The van der Waals surface area contributed by atoms with Gasteiger partial charge in [-0.25, -0.2) is 0 Å². The van der Waals surface area contributed by atoms with Crippen molar-refractivity contribution in [2.24, 2.45) is 13.0 Å². The maximum atomic E-state index is 12.7. The molecule has 7 nitrogen and oxygen atoms in total. The third kappa shape index (κ3) is 3.66. The third-order valence-corrected chi connectivity index (χ3v) is 4.99. The maximum absolute atomic E-state index is 12.7. The van der Waals surface area contributed by atoms with Crippen LogP contribution in [0.25, 0.3) is 0 Å². The lowest BCUT2D eigenvalue weighted by Crippen LogP contribution is -2.43. The molecule has 2 atom stereocenters. The Balaban J connectivity index is 1.77. The Morgan fingerprint density at radius 1 is 1.40 bits per heavy atom. The summed E-state index contributed by atoms with van der Waals surface area (Å²) >= 11 is 0. The summed E-state index contributed by atoms with van der Waals surface area (Å²) in [5, 5.41) is 13.9. The lowest BCUT2D eigenvalue weighted by molar-refractivity contribution is 0.0630. The molecular weight excluding hydrogens is 318 g/mol. The Labute approximate surface area is 147 Å². The van der Waals surface area contributed by atoms with Crippen LogP contribution in [-0.4, -0.2) is 62.8 Å². The van der Waals surface area contributed by atoms with E-state index >= 15 is 0 Å². The number of aromatic hydroxyl groups is 1. The number of hydrogen-bond donors (Lipinski definition) is 1. The average Bonchev–Trinajstić information content (AvgIpc) is 3.00. The van der Waals surface area contributed by atoms with E-state index < -0.39 is 0 Å². The van der Waals surface area contributed by atoms with Crippen molar-refractivity contribution < 1.29 is 9.90 Å². The van der Waals surface area contributed by atoms with Crippen molar-refractivity contribution >= 4 is 5.91 Å². The molecule has 0 aromatic carbocycles. The Morgan fingerprint density at radius 2 is 2.20 bits per heavy atom. The number of likely N-dealkylation sites (tertiary alicyclic amines) is 1. The van der Waals surface area contributed by atoms with Gasteiger partial charge in [0.1, 0.15) is 5.75 Å². The molecule has 3 rings (SSSR count). The Morgan fingerprint density at radius 3 is 2.88 bits per heavy atom. The van der Waals surface area contributed by atoms with Crippen LogP contribution in [0, 0.1) is 5.92 Å². The number of carbonyl (C=O) groups is 1. The molecule has 1 saturated heterocycles. The Hall–Kier alpha value is -2.41. The van der Waals surface area contributed by atoms with E-state index in [1.807, 2.05) is 17.9 Å². The van der Waals surface area contributed by atoms with Gasteiger partial charge in [0, 0.05) is 33.0 Å². The SMILES string of the molecule is CN(C[C@@H]1CCCN(C)[C@H]1c1ccnn1C)C(=O)c1cncc(O)c1. The molecule has 0 saturated carbocycles. The standard InChI is InChI=1S/C18H25N5O2/c1-21-8-4-5-13(17(21)16-6-7-20-23(16)3)12-22(2)18(25)14-9-15(24)11-19-10-14/h6-7,9-11,13,17,24H,4-5,8,12H2,1-3H3/t13-,17+/m0/s1. The second-order valence-corrected chi connectivity index (χ2v) is 6.82. The van der Waals surface area contributed by atoms with Crippen LogP contribution in [0.4, 0.5) is 0 Å². The van der Waals surface area contributed by atoms with Gasteiger partial charge in [0.05, 0.1) is 23.5 Å². The molecule has 0 unspecified atom stereocenters. The number of aromatic nitrogens is 3. The summed E-state index contributed by atoms with van der Waals surface area (Å²) in [7, 11) is 5.90.